The van der Waals surface area contributed by atoms with Crippen LogP contribution < -0.4 is 38.1 Å². The average molecular weight is 1210 g/mol. The maximum Gasteiger partial charge on any atom is 0.408 e. The summed E-state index contributed by atoms with van der Waals surface area (Å²) < 4.78 is 23.2. The zero-order chi connectivity index (χ0) is 64.6. The summed E-state index contributed by atoms with van der Waals surface area (Å²) in [4.78, 5) is 124. The van der Waals surface area contributed by atoms with Crippen LogP contribution in [0.3, 0.4) is 0 Å². The first kappa shape index (κ1) is 73.6. The van der Waals surface area contributed by atoms with Crippen LogP contribution >= 0.6 is 0 Å². The third-order valence-corrected chi connectivity index (χ3v) is 16.0. The number of aldehydes is 1. The lowest BCUT2D eigenvalue weighted by molar-refractivity contribution is -0.154. The number of likely N-dealkylation sites (tertiary alicyclic amines) is 1. The molecule has 0 bridgehead atoms. The van der Waals surface area contributed by atoms with E-state index < -0.39 is 108 Å². The van der Waals surface area contributed by atoms with Crippen LogP contribution in [0.25, 0.3) is 0 Å². The van der Waals surface area contributed by atoms with Gasteiger partial charge < -0.3 is 71.6 Å². The molecule has 1 fully saturated rings. The lowest BCUT2D eigenvalue weighted by Crippen LogP contribution is -2.57. The monoisotopic (exact) mass is 1210 g/mol. The molecule has 3 rings (SSSR count). The Labute approximate surface area is 510 Å². The van der Waals surface area contributed by atoms with Crippen LogP contribution in [-0.2, 0) is 65.4 Å². The van der Waals surface area contributed by atoms with Gasteiger partial charge in [0.2, 0.25) is 29.5 Å². The summed E-state index contributed by atoms with van der Waals surface area (Å²) in [5.41, 5.74) is 13.4. The Bertz CT molecular complexity index is 2500. The third-order valence-electron chi connectivity index (χ3n) is 16.0. The lowest BCUT2D eigenvalue weighted by Gasteiger charge is -2.40. The molecule has 23 heteroatoms. The van der Waals surface area contributed by atoms with Crippen molar-refractivity contribution in [2.24, 2.45) is 41.1 Å². The van der Waals surface area contributed by atoms with Gasteiger partial charge in [0.25, 0.3) is 0 Å². The Kier molecular flexibility index (Phi) is 30.6. The highest BCUT2D eigenvalue weighted by atomic mass is 16.6. The van der Waals surface area contributed by atoms with Gasteiger partial charge >= 0.3 is 18.1 Å². The van der Waals surface area contributed by atoms with E-state index in [1.807, 2.05) is 82.1 Å². The van der Waals surface area contributed by atoms with Gasteiger partial charge in [-0.1, -0.05) is 104 Å². The highest BCUT2D eigenvalue weighted by Gasteiger charge is 2.43. The molecule has 0 spiro atoms. The number of ether oxygens (including phenoxy) is 4. The second-order valence-corrected chi connectivity index (χ2v) is 24.6. The minimum Gasteiger partial charge on any atom is -0.464 e. The average Bonchev–Trinajstić information content (AvgIpc) is 2.26. The maximum atomic E-state index is 14.4. The fraction of sp³-hybridized carbons (Fsp3) is 0.667. The van der Waals surface area contributed by atoms with Crippen molar-refractivity contribution in [1.82, 2.24) is 36.0 Å². The summed E-state index contributed by atoms with van der Waals surface area (Å²) in [5, 5.41) is 13.6. The zero-order valence-electron chi connectivity index (χ0n) is 53.6. The minimum absolute atomic E-state index is 0.0558. The first-order chi connectivity index (χ1) is 40.5. The molecule has 8 amide bonds. The molecule has 0 aromatic heterocycles. The molecular weight excluding hydrogens is 1100 g/mol. The van der Waals surface area contributed by atoms with E-state index in [2.05, 4.69) is 26.6 Å². The van der Waals surface area contributed by atoms with E-state index >= 15 is 0 Å². The molecule has 9 N–H and O–H groups in total. The van der Waals surface area contributed by atoms with E-state index in [9.17, 15) is 43.2 Å². The Morgan fingerprint density at radius 3 is 2.02 bits per heavy atom. The summed E-state index contributed by atoms with van der Waals surface area (Å²) in [5.74, 6) is -4.44. The van der Waals surface area contributed by atoms with Gasteiger partial charge in [-0.2, -0.15) is 0 Å². The van der Waals surface area contributed by atoms with Gasteiger partial charge in [0, 0.05) is 52.5 Å². The van der Waals surface area contributed by atoms with Crippen molar-refractivity contribution < 1.29 is 62.1 Å². The number of carbonyl (C=O) groups is 9. The normalized spacial score (nSPS) is 17.3. The van der Waals surface area contributed by atoms with Gasteiger partial charge in [0.1, 0.15) is 30.0 Å². The van der Waals surface area contributed by atoms with E-state index in [0.717, 1.165) is 17.4 Å². The number of urea groups is 1. The summed E-state index contributed by atoms with van der Waals surface area (Å²) in [6.45, 7) is 20.9. The summed E-state index contributed by atoms with van der Waals surface area (Å²) >= 11 is 0. The number of alkyl carbamates (subject to hydrolysis) is 1. The molecule has 23 nitrogen and oxygen atoms in total. The Morgan fingerprint density at radius 1 is 0.814 bits per heavy atom. The minimum atomic E-state index is -1.07. The van der Waals surface area contributed by atoms with Crippen LogP contribution in [0, 0.1) is 29.6 Å². The number of anilines is 1. The van der Waals surface area contributed by atoms with Gasteiger partial charge in [-0.25, -0.2) is 9.59 Å². The molecule has 86 heavy (non-hydrogen) atoms. The van der Waals surface area contributed by atoms with Crippen LogP contribution in [-0.4, -0.2) is 183 Å². The van der Waals surface area contributed by atoms with E-state index in [-0.39, 0.29) is 55.6 Å². The van der Waals surface area contributed by atoms with Crippen LogP contribution in [0.4, 0.5) is 15.3 Å². The number of nitrogens with two attached hydrogens (primary N) is 2. The van der Waals surface area contributed by atoms with Crippen molar-refractivity contribution in [3.8, 4) is 0 Å². The number of hydrogen-bond acceptors (Lipinski definition) is 15. The zero-order valence-corrected chi connectivity index (χ0v) is 53.6. The Hall–Kier alpha value is -6.69. The highest BCUT2D eigenvalue weighted by molar-refractivity contribution is 5.98. The number of methoxy groups -OCH3 is 2. The first-order valence-electron chi connectivity index (χ1n) is 30.2. The largest absolute Gasteiger partial charge is 0.464 e. The number of benzene rings is 2. The van der Waals surface area contributed by atoms with Gasteiger partial charge in [-0.15, -0.1) is 0 Å². The Balaban J connectivity index is 1.63. The van der Waals surface area contributed by atoms with Gasteiger partial charge in [-0.05, 0) is 107 Å². The number of hydrogen-bond donors (Lipinski definition) is 7. The number of nitrogens with one attached hydrogen (secondary N) is 5. The molecule has 1 saturated heterocycles. The fourth-order valence-corrected chi connectivity index (χ4v) is 10.9. The molecule has 1 unspecified atom stereocenters. The van der Waals surface area contributed by atoms with Crippen molar-refractivity contribution in [2.45, 2.75) is 188 Å². The smallest absolute Gasteiger partial charge is 0.408 e. The number of amides is 8. The topological polar surface area (TPSA) is 312 Å². The standard InChI is InChI=1S/C63H102N10O13/c1-16-40(6)54(49(83-14)35-50(75)73-32-21-25-48(73)55(84-15)42(8)56(76)68-46(36-74)34-44-22-18-17-19-23-44)72(13)59(79)51(64)41(7)37-85-60(80)53(39(4)5)71(12)33-30-43-26-28-45(29-27-43)67-57(77)47(24-20-31-66-61(65)81)69-58(78)52(38(2)3)70-62(82)86-63(9,10)11/h17-19,22-23,26-29,36,38-42,46-49,51-55H,16,20-21,24-25,30-35,37,64H2,1-15H3,(H,67,77)(H,68,76)(H,69,78)(H,70,82)(H3,65,66,81)/t40-,41?,42+,46-,47-,48-,49+,51-,52-,53-,54-,55+/m0/s1. The predicted octanol–water partition coefficient (Wildman–Crippen LogP) is 4.96. The van der Waals surface area contributed by atoms with Crippen molar-refractivity contribution in [1.29, 1.82) is 0 Å². The number of carbonyl (C=O) groups excluding carboxylic acids is 9. The van der Waals surface area contributed by atoms with E-state index in [1.54, 1.807) is 77.4 Å². The molecule has 1 aliphatic rings. The Morgan fingerprint density at radius 2 is 1.47 bits per heavy atom. The van der Waals surface area contributed by atoms with E-state index in [4.69, 9.17) is 30.4 Å². The highest BCUT2D eigenvalue weighted by Crippen LogP contribution is 2.30. The molecule has 2 aromatic rings. The van der Waals surface area contributed by atoms with Crippen molar-refractivity contribution in [3.63, 3.8) is 0 Å². The molecule has 2 aromatic carbocycles. The van der Waals surface area contributed by atoms with Crippen LogP contribution in [0.5, 0.6) is 0 Å². The number of esters is 1. The molecular formula is C63H102N10O13. The van der Waals surface area contributed by atoms with Crippen LogP contribution in [0.15, 0.2) is 54.6 Å². The molecule has 0 aliphatic carbocycles. The van der Waals surface area contributed by atoms with Crippen molar-refractivity contribution >= 4 is 59.6 Å². The second-order valence-electron chi connectivity index (χ2n) is 24.6. The quantitative estimate of drug-likeness (QED) is 0.0273. The third kappa shape index (κ3) is 23.2. The molecule has 0 saturated carbocycles. The summed E-state index contributed by atoms with van der Waals surface area (Å²) in [6, 6.07) is 10.4. The summed E-state index contributed by atoms with van der Waals surface area (Å²) in [6.07, 6.45) is 1.79. The molecule has 482 valence electrons. The van der Waals surface area contributed by atoms with Crippen molar-refractivity contribution in [2.75, 3.05) is 59.9 Å². The molecule has 0 radical (unpaired) electrons. The predicted molar refractivity (Wildman–Crippen MR) is 329 cm³/mol. The second kappa shape index (κ2) is 35.8. The summed E-state index contributed by atoms with van der Waals surface area (Å²) in [7, 11) is 6.51. The number of rotatable bonds is 35. The van der Waals surface area contributed by atoms with Crippen LogP contribution in [0.2, 0.25) is 0 Å². The van der Waals surface area contributed by atoms with E-state index in [1.165, 1.54) is 14.2 Å². The van der Waals surface area contributed by atoms with Gasteiger partial charge in [0.15, 0.2) is 0 Å². The SMILES string of the molecule is CC[C@H](C)[C@@H]([C@@H](CC(=O)N1CCC[C@H]1[C@H](OC)[C@@H](C)C(=O)N[C@H](C=O)Cc1ccccc1)OC)N(C)C(=O)[C@@H](N)C(C)COC(=O)[C@H](C(C)C)N(C)CCc1ccc(NC(=O)[C@H](CCCNC(N)=O)NC(=O)[C@@H](NC(=O)OC(C)(C)C)C(C)C)cc1. The van der Waals surface area contributed by atoms with Crippen LogP contribution in [0.1, 0.15) is 126 Å². The fourth-order valence-electron chi connectivity index (χ4n) is 10.9. The van der Waals surface area contributed by atoms with Gasteiger partial charge in [0.05, 0.1) is 55.3 Å². The molecule has 12 atom stereocenters. The van der Waals surface area contributed by atoms with Crippen molar-refractivity contribution in [3.05, 3.63) is 65.7 Å². The lowest BCUT2D eigenvalue weighted by atomic mass is 9.89. The molecule has 1 heterocycles. The first-order valence-corrected chi connectivity index (χ1v) is 30.2. The van der Waals surface area contributed by atoms with Gasteiger partial charge in [-0.3, -0.25) is 33.7 Å². The number of nitrogens with zero attached hydrogens (tertiary/aromatic N) is 3. The number of likely N-dealkylation sites (N-methyl/N-ethyl adjacent to an activating group) is 2. The molecule has 1 aliphatic heterocycles. The number of primary amides is 1. The maximum absolute atomic E-state index is 14.4. The van der Waals surface area contributed by atoms with E-state index in [0.29, 0.717) is 57.3 Å².